The first-order valence-electron chi connectivity index (χ1n) is 8.87. The molecule has 24 heavy (non-hydrogen) atoms. The van der Waals surface area contributed by atoms with Crippen molar-refractivity contribution < 1.29 is 0 Å². The summed E-state index contributed by atoms with van der Waals surface area (Å²) in [6, 6.07) is 12.2. The van der Waals surface area contributed by atoms with Gasteiger partial charge in [-0.2, -0.15) is 0 Å². The lowest BCUT2D eigenvalue weighted by Crippen LogP contribution is -2.28. The second-order valence-corrected chi connectivity index (χ2v) is 6.63. The number of anilines is 1. The highest BCUT2D eigenvalue weighted by Gasteiger charge is 2.22. The molecule has 0 fully saturated rings. The Hall–Kier alpha value is -2.29. The molecule has 1 aromatic carbocycles. The van der Waals surface area contributed by atoms with Crippen molar-refractivity contribution in [1.29, 1.82) is 0 Å². The summed E-state index contributed by atoms with van der Waals surface area (Å²) in [6.07, 6.45) is 6.35. The number of hydrogen-bond donors (Lipinski definition) is 1. The van der Waals surface area contributed by atoms with Gasteiger partial charge in [0.1, 0.15) is 0 Å². The van der Waals surface area contributed by atoms with Gasteiger partial charge in [0.25, 0.3) is 5.56 Å². The Morgan fingerprint density at radius 2 is 2.08 bits per heavy atom. The van der Waals surface area contributed by atoms with Crippen LogP contribution >= 0.6 is 0 Å². The maximum Gasteiger partial charge on any atom is 0.259 e. The first kappa shape index (κ1) is 16.6. The van der Waals surface area contributed by atoms with E-state index in [1.165, 1.54) is 24.1 Å². The molecular formula is C21H26N2O. The highest BCUT2D eigenvalue weighted by Crippen LogP contribution is 2.31. The van der Waals surface area contributed by atoms with E-state index in [4.69, 9.17) is 0 Å². The van der Waals surface area contributed by atoms with E-state index in [1.54, 1.807) is 0 Å². The van der Waals surface area contributed by atoms with Gasteiger partial charge in [-0.25, -0.2) is 0 Å². The van der Waals surface area contributed by atoms with Crippen molar-refractivity contribution in [3.63, 3.8) is 0 Å². The fourth-order valence-electron chi connectivity index (χ4n) is 3.57. The van der Waals surface area contributed by atoms with Crippen molar-refractivity contribution in [3.8, 4) is 0 Å². The molecule has 1 aliphatic carbocycles. The largest absolute Gasteiger partial charge is 0.355 e. The minimum atomic E-state index is 0.0889. The zero-order valence-corrected chi connectivity index (χ0v) is 14.8. The van der Waals surface area contributed by atoms with Crippen molar-refractivity contribution >= 4 is 11.4 Å². The van der Waals surface area contributed by atoms with Gasteiger partial charge >= 0.3 is 0 Å². The highest BCUT2D eigenvalue weighted by atomic mass is 16.1. The van der Waals surface area contributed by atoms with E-state index in [0.717, 1.165) is 29.8 Å². The molecule has 1 aromatic heterocycles. The number of nitrogens with one attached hydrogen (secondary N) is 1. The van der Waals surface area contributed by atoms with E-state index in [9.17, 15) is 4.79 Å². The minimum absolute atomic E-state index is 0.0889. The maximum atomic E-state index is 12.9. The second-order valence-electron chi connectivity index (χ2n) is 6.63. The average Bonchev–Trinajstić information content (AvgIpc) is 2.59. The maximum absolute atomic E-state index is 12.9. The molecule has 1 heterocycles. The van der Waals surface area contributed by atoms with Crippen LogP contribution in [0, 0.1) is 0 Å². The zero-order chi connectivity index (χ0) is 17.1. The molecule has 0 aliphatic heterocycles. The van der Waals surface area contributed by atoms with Gasteiger partial charge in [0.05, 0.1) is 5.56 Å². The summed E-state index contributed by atoms with van der Waals surface area (Å²) in [7, 11) is 1.91. The van der Waals surface area contributed by atoms with Gasteiger partial charge in [0, 0.05) is 24.1 Å². The fourth-order valence-corrected chi connectivity index (χ4v) is 3.57. The van der Waals surface area contributed by atoms with Gasteiger partial charge in [-0.3, -0.25) is 4.79 Å². The van der Waals surface area contributed by atoms with Crippen molar-refractivity contribution in [2.24, 2.45) is 7.05 Å². The Morgan fingerprint density at radius 3 is 2.79 bits per heavy atom. The summed E-state index contributed by atoms with van der Waals surface area (Å²) in [6.45, 7) is 4.36. The standard InChI is InChI=1S/C21H26N2O/c1-4-9-19(22-16-11-6-5-7-12-16)18-14-17-15(2)10-8-13-20(17)23(3)21(18)24/h5-7,9,11-12,14-15,22H,4,8,10,13H2,1-3H3/b19-9+. The van der Waals surface area contributed by atoms with Gasteiger partial charge in [-0.15, -0.1) is 0 Å². The lowest BCUT2D eigenvalue weighted by molar-refractivity contribution is 0.553. The number of fused-ring (bicyclic) bond motifs is 1. The number of hydrogen-bond acceptors (Lipinski definition) is 2. The minimum Gasteiger partial charge on any atom is -0.355 e. The van der Waals surface area contributed by atoms with Gasteiger partial charge in [0.15, 0.2) is 0 Å². The molecule has 1 atom stereocenters. The Balaban J connectivity index is 2.09. The van der Waals surface area contributed by atoms with Gasteiger partial charge in [-0.05, 0) is 55.4 Å². The number of para-hydroxylation sites is 1. The predicted molar refractivity (Wildman–Crippen MR) is 101 cm³/mol. The third-order valence-corrected chi connectivity index (χ3v) is 4.91. The molecule has 0 radical (unpaired) electrons. The summed E-state index contributed by atoms with van der Waals surface area (Å²) >= 11 is 0. The molecule has 1 unspecified atom stereocenters. The fraction of sp³-hybridized carbons (Fsp3) is 0.381. The van der Waals surface area contributed by atoms with E-state index >= 15 is 0 Å². The molecule has 0 saturated heterocycles. The number of benzene rings is 1. The van der Waals surface area contributed by atoms with Crippen molar-refractivity contribution in [2.75, 3.05) is 5.32 Å². The summed E-state index contributed by atoms with van der Waals surface area (Å²) in [5.41, 5.74) is 5.31. The molecule has 3 rings (SSSR count). The van der Waals surface area contributed by atoms with Crippen molar-refractivity contribution in [3.05, 3.63) is 69.6 Å². The lowest BCUT2D eigenvalue weighted by atomic mass is 9.85. The molecule has 0 amide bonds. The zero-order valence-electron chi connectivity index (χ0n) is 14.8. The van der Waals surface area contributed by atoms with Crippen LogP contribution in [-0.4, -0.2) is 4.57 Å². The molecule has 1 N–H and O–H groups in total. The van der Waals surface area contributed by atoms with Crippen LogP contribution in [0.3, 0.4) is 0 Å². The van der Waals surface area contributed by atoms with Crippen LogP contribution in [0.4, 0.5) is 5.69 Å². The third-order valence-electron chi connectivity index (χ3n) is 4.91. The first-order valence-corrected chi connectivity index (χ1v) is 8.87. The molecule has 2 aromatic rings. The Bertz CT molecular complexity index is 803. The van der Waals surface area contributed by atoms with Gasteiger partial charge in [-0.1, -0.05) is 38.1 Å². The normalized spacial score (nSPS) is 17.5. The molecular weight excluding hydrogens is 296 g/mol. The number of nitrogens with zero attached hydrogens (tertiary/aromatic N) is 1. The monoisotopic (exact) mass is 322 g/mol. The Labute approximate surface area is 144 Å². The Morgan fingerprint density at radius 1 is 1.33 bits per heavy atom. The first-order chi connectivity index (χ1) is 11.6. The molecule has 0 spiro atoms. The van der Waals surface area contributed by atoms with Crippen LogP contribution in [-0.2, 0) is 13.5 Å². The number of aromatic nitrogens is 1. The summed E-state index contributed by atoms with van der Waals surface area (Å²) in [5.74, 6) is 0.513. The van der Waals surface area contributed by atoms with Gasteiger partial charge < -0.3 is 9.88 Å². The van der Waals surface area contributed by atoms with E-state index in [-0.39, 0.29) is 5.56 Å². The number of pyridine rings is 1. The molecule has 126 valence electrons. The van der Waals surface area contributed by atoms with E-state index in [0.29, 0.717) is 5.92 Å². The molecule has 0 bridgehead atoms. The average molecular weight is 322 g/mol. The second kappa shape index (κ2) is 7.08. The van der Waals surface area contributed by atoms with E-state index in [1.807, 2.05) is 41.9 Å². The smallest absolute Gasteiger partial charge is 0.259 e. The van der Waals surface area contributed by atoms with Crippen LogP contribution in [0.2, 0.25) is 0 Å². The number of rotatable bonds is 4. The van der Waals surface area contributed by atoms with Crippen LogP contribution in [0.15, 0.2) is 47.3 Å². The molecule has 3 nitrogen and oxygen atoms in total. The van der Waals surface area contributed by atoms with E-state index in [2.05, 4.69) is 31.3 Å². The quantitative estimate of drug-likeness (QED) is 0.886. The van der Waals surface area contributed by atoms with Crippen LogP contribution in [0.5, 0.6) is 0 Å². The van der Waals surface area contributed by atoms with Crippen LogP contribution in [0.25, 0.3) is 5.70 Å². The van der Waals surface area contributed by atoms with Gasteiger partial charge in [0.2, 0.25) is 0 Å². The topological polar surface area (TPSA) is 34.0 Å². The summed E-state index contributed by atoms with van der Waals surface area (Å²) in [5, 5.41) is 3.43. The van der Waals surface area contributed by atoms with Crippen LogP contribution < -0.4 is 10.9 Å². The Kier molecular flexibility index (Phi) is 4.89. The highest BCUT2D eigenvalue weighted by molar-refractivity contribution is 5.76. The number of allylic oxidation sites excluding steroid dienone is 1. The SMILES string of the molecule is CC/C=C(/Nc1ccccc1)c1cc2c(n(C)c1=O)CCCC2C. The third kappa shape index (κ3) is 3.16. The lowest BCUT2D eigenvalue weighted by Gasteiger charge is -2.26. The summed E-state index contributed by atoms with van der Waals surface area (Å²) < 4.78 is 1.86. The van der Waals surface area contributed by atoms with E-state index < -0.39 is 0 Å². The van der Waals surface area contributed by atoms with Crippen molar-refractivity contribution in [2.45, 2.75) is 45.4 Å². The molecule has 0 saturated carbocycles. The predicted octanol–water partition coefficient (Wildman–Crippen LogP) is 4.69. The molecule has 1 aliphatic rings. The summed E-state index contributed by atoms with van der Waals surface area (Å²) in [4.78, 5) is 12.9. The van der Waals surface area contributed by atoms with Crippen molar-refractivity contribution in [1.82, 2.24) is 4.57 Å². The molecule has 3 heteroatoms. The van der Waals surface area contributed by atoms with Crippen LogP contribution in [0.1, 0.15) is 55.8 Å².